The molecular weight excluding hydrogens is 228 g/mol. The minimum Gasteiger partial charge on any atom is -0.309 e. The number of rotatable bonds is 4. The van der Waals surface area contributed by atoms with E-state index in [1.807, 2.05) is 0 Å². The molecule has 3 heteroatoms. The van der Waals surface area contributed by atoms with Crippen molar-refractivity contribution in [3.63, 3.8) is 0 Å². The molecule has 1 unspecified atom stereocenters. The Bertz CT molecular complexity index is 278. The van der Waals surface area contributed by atoms with Crippen molar-refractivity contribution in [1.29, 1.82) is 0 Å². The molecular formula is C14H26N2S. The molecule has 1 aliphatic heterocycles. The van der Waals surface area contributed by atoms with Gasteiger partial charge in [0.1, 0.15) is 0 Å². The quantitative estimate of drug-likeness (QED) is 0.829. The van der Waals surface area contributed by atoms with Crippen LogP contribution >= 0.6 is 11.8 Å². The number of nitrogens with zero attached hydrogens (tertiary/aromatic N) is 1. The lowest BCUT2D eigenvalue weighted by atomic mass is 9.83. The van der Waals surface area contributed by atoms with E-state index < -0.39 is 0 Å². The van der Waals surface area contributed by atoms with E-state index in [9.17, 15) is 0 Å². The molecule has 2 aliphatic carbocycles. The largest absolute Gasteiger partial charge is 0.309 e. The maximum atomic E-state index is 3.78. The Morgan fingerprint density at radius 2 is 2.12 bits per heavy atom. The molecule has 2 nitrogen and oxygen atoms in total. The predicted molar refractivity (Wildman–Crippen MR) is 75.7 cm³/mol. The fourth-order valence-electron chi connectivity index (χ4n) is 3.63. The first-order chi connectivity index (χ1) is 8.16. The van der Waals surface area contributed by atoms with E-state index in [1.165, 1.54) is 58.3 Å². The Morgan fingerprint density at radius 3 is 2.65 bits per heavy atom. The van der Waals surface area contributed by atoms with Crippen LogP contribution in [0.3, 0.4) is 0 Å². The maximum absolute atomic E-state index is 3.78. The van der Waals surface area contributed by atoms with Gasteiger partial charge in [-0.25, -0.2) is 0 Å². The van der Waals surface area contributed by atoms with Gasteiger partial charge in [-0.3, -0.25) is 4.90 Å². The lowest BCUT2D eigenvalue weighted by molar-refractivity contribution is 0.104. The number of hydrogen-bond donors (Lipinski definition) is 1. The third-order valence-corrected chi connectivity index (χ3v) is 6.60. The Balaban J connectivity index is 1.60. The maximum Gasteiger partial charge on any atom is 0.0309 e. The molecule has 0 spiro atoms. The van der Waals surface area contributed by atoms with E-state index in [-0.39, 0.29) is 0 Å². The van der Waals surface area contributed by atoms with E-state index in [2.05, 4.69) is 35.2 Å². The molecule has 0 bridgehead atoms. The van der Waals surface area contributed by atoms with Crippen molar-refractivity contribution >= 4 is 11.8 Å². The second-order valence-electron chi connectivity index (χ2n) is 6.57. The molecule has 0 aromatic heterocycles. The van der Waals surface area contributed by atoms with E-state index in [1.54, 1.807) is 0 Å². The Kier molecular flexibility index (Phi) is 3.21. The van der Waals surface area contributed by atoms with Crippen molar-refractivity contribution in [2.75, 3.05) is 32.4 Å². The van der Waals surface area contributed by atoms with Crippen LogP contribution in [-0.2, 0) is 0 Å². The molecule has 0 aromatic carbocycles. The van der Waals surface area contributed by atoms with Gasteiger partial charge in [0.15, 0.2) is 0 Å². The minimum atomic E-state index is 0.418. The molecule has 2 saturated carbocycles. The zero-order valence-electron chi connectivity index (χ0n) is 11.3. The molecule has 1 atom stereocenters. The summed E-state index contributed by atoms with van der Waals surface area (Å²) < 4.78 is 0.613. The number of nitrogens with one attached hydrogen (secondary N) is 1. The third-order valence-electron chi connectivity index (χ3n) is 5.20. The summed E-state index contributed by atoms with van der Waals surface area (Å²) in [6.07, 6.45) is 9.54. The molecule has 98 valence electrons. The summed E-state index contributed by atoms with van der Waals surface area (Å²) in [6, 6.07) is 0. The molecule has 1 N–H and O–H groups in total. The van der Waals surface area contributed by atoms with E-state index >= 15 is 0 Å². The third kappa shape index (κ3) is 2.39. The molecule has 3 rings (SSSR count). The molecule has 3 aliphatic rings. The van der Waals surface area contributed by atoms with Crippen LogP contribution in [0.25, 0.3) is 0 Å². The second-order valence-corrected chi connectivity index (χ2v) is 7.84. The van der Waals surface area contributed by atoms with Crippen LogP contribution in [0.1, 0.15) is 39.0 Å². The average molecular weight is 254 g/mol. The second kappa shape index (κ2) is 4.43. The van der Waals surface area contributed by atoms with Gasteiger partial charge in [-0.15, -0.1) is 0 Å². The van der Waals surface area contributed by atoms with Crippen LogP contribution in [0.5, 0.6) is 0 Å². The summed E-state index contributed by atoms with van der Waals surface area (Å²) in [5, 5.41) is 3.78. The van der Waals surface area contributed by atoms with Crippen molar-refractivity contribution in [2.24, 2.45) is 5.92 Å². The van der Waals surface area contributed by atoms with Gasteiger partial charge in [0, 0.05) is 36.5 Å². The van der Waals surface area contributed by atoms with Crippen molar-refractivity contribution < 1.29 is 0 Å². The first kappa shape index (κ1) is 12.3. The van der Waals surface area contributed by atoms with Crippen molar-refractivity contribution in [3.05, 3.63) is 0 Å². The molecule has 0 radical (unpaired) electrons. The average Bonchev–Trinajstić information content (AvgIpc) is 3.07. The first-order valence-corrected chi connectivity index (χ1v) is 8.41. The summed E-state index contributed by atoms with van der Waals surface area (Å²) in [7, 11) is 0. The fourth-order valence-corrected chi connectivity index (χ4v) is 4.64. The van der Waals surface area contributed by atoms with Gasteiger partial charge in [0.2, 0.25) is 0 Å². The number of thioether (sulfide) groups is 1. The van der Waals surface area contributed by atoms with E-state index in [0.29, 0.717) is 10.3 Å². The molecule has 1 heterocycles. The molecule has 1 saturated heterocycles. The fraction of sp³-hybridized carbons (Fsp3) is 1.00. The standard InChI is InChI=1S/C14H26N2S/c1-13(12-4-5-12)10-16(9-8-15-13)11-14(17-2)6-3-7-14/h12,15H,3-11H2,1-2H3. The van der Waals surface area contributed by atoms with Crippen LogP contribution in [0, 0.1) is 5.92 Å². The number of piperazine rings is 1. The van der Waals surface area contributed by atoms with Gasteiger partial charge >= 0.3 is 0 Å². The van der Waals surface area contributed by atoms with Crippen molar-refractivity contribution in [1.82, 2.24) is 10.2 Å². The highest BCUT2D eigenvalue weighted by Crippen LogP contribution is 2.45. The summed E-state index contributed by atoms with van der Waals surface area (Å²) in [5.41, 5.74) is 0.418. The highest BCUT2D eigenvalue weighted by molar-refractivity contribution is 8.00. The first-order valence-electron chi connectivity index (χ1n) is 7.18. The Labute approximate surface area is 110 Å². The van der Waals surface area contributed by atoms with E-state index in [4.69, 9.17) is 0 Å². The predicted octanol–water partition coefficient (Wildman–Crippen LogP) is 2.35. The van der Waals surface area contributed by atoms with Crippen LogP contribution in [0.2, 0.25) is 0 Å². The normalized spacial score (nSPS) is 37.8. The molecule has 3 fully saturated rings. The van der Waals surface area contributed by atoms with Gasteiger partial charge in [-0.05, 0) is 44.8 Å². The smallest absolute Gasteiger partial charge is 0.0309 e. The van der Waals surface area contributed by atoms with Crippen LogP contribution in [0.15, 0.2) is 0 Å². The Hall–Kier alpha value is 0.270. The molecule has 0 amide bonds. The summed E-state index contributed by atoms with van der Waals surface area (Å²) in [6.45, 7) is 7.50. The summed E-state index contributed by atoms with van der Waals surface area (Å²) >= 11 is 2.11. The monoisotopic (exact) mass is 254 g/mol. The van der Waals surface area contributed by atoms with Gasteiger partial charge in [-0.1, -0.05) is 6.42 Å². The van der Waals surface area contributed by atoms with Crippen LogP contribution in [-0.4, -0.2) is 47.6 Å². The minimum absolute atomic E-state index is 0.418. The summed E-state index contributed by atoms with van der Waals surface area (Å²) in [5.74, 6) is 0.955. The van der Waals surface area contributed by atoms with Gasteiger partial charge in [-0.2, -0.15) is 11.8 Å². The SMILES string of the molecule is CSC1(CN2CCNC(C)(C3CC3)C2)CCC1. The highest BCUT2D eigenvalue weighted by atomic mass is 32.2. The topological polar surface area (TPSA) is 15.3 Å². The molecule has 17 heavy (non-hydrogen) atoms. The van der Waals surface area contributed by atoms with Crippen LogP contribution < -0.4 is 5.32 Å². The zero-order valence-corrected chi connectivity index (χ0v) is 12.1. The molecule has 0 aromatic rings. The highest BCUT2D eigenvalue weighted by Gasteiger charge is 2.46. The summed E-state index contributed by atoms with van der Waals surface area (Å²) in [4.78, 5) is 2.74. The zero-order chi connectivity index (χ0) is 11.9. The van der Waals surface area contributed by atoms with Gasteiger partial charge in [0.05, 0.1) is 0 Å². The lowest BCUT2D eigenvalue weighted by Crippen LogP contribution is -2.62. The Morgan fingerprint density at radius 1 is 1.35 bits per heavy atom. The number of hydrogen-bond acceptors (Lipinski definition) is 3. The van der Waals surface area contributed by atoms with E-state index in [0.717, 1.165) is 5.92 Å². The van der Waals surface area contributed by atoms with Gasteiger partial charge < -0.3 is 5.32 Å². The van der Waals surface area contributed by atoms with Gasteiger partial charge in [0.25, 0.3) is 0 Å². The van der Waals surface area contributed by atoms with Crippen molar-refractivity contribution in [3.8, 4) is 0 Å². The van der Waals surface area contributed by atoms with Crippen molar-refractivity contribution in [2.45, 2.75) is 49.3 Å². The lowest BCUT2D eigenvalue weighted by Gasteiger charge is -2.48. The van der Waals surface area contributed by atoms with Crippen LogP contribution in [0.4, 0.5) is 0 Å².